The van der Waals surface area contributed by atoms with Gasteiger partial charge in [0, 0.05) is 25.4 Å². The number of hydrogen-bond acceptors (Lipinski definition) is 4. The first-order valence-corrected chi connectivity index (χ1v) is 6.02. The van der Waals surface area contributed by atoms with Gasteiger partial charge < -0.3 is 14.8 Å². The van der Waals surface area contributed by atoms with E-state index < -0.39 is 0 Å². The molecule has 0 amide bonds. The van der Waals surface area contributed by atoms with Crippen molar-refractivity contribution in [2.75, 3.05) is 26.9 Å². The van der Waals surface area contributed by atoms with E-state index in [2.05, 4.69) is 24.1 Å². The molecule has 0 unspecified atom stereocenters. The van der Waals surface area contributed by atoms with Gasteiger partial charge in [-0.3, -0.25) is 0 Å². The summed E-state index contributed by atoms with van der Waals surface area (Å²) in [6.45, 7) is 7.01. The summed E-state index contributed by atoms with van der Waals surface area (Å²) in [6, 6.07) is 3.91. The zero-order valence-electron chi connectivity index (χ0n) is 10.9. The number of pyridine rings is 1. The van der Waals surface area contributed by atoms with Crippen molar-refractivity contribution in [1.29, 1.82) is 0 Å². The van der Waals surface area contributed by atoms with Crippen molar-refractivity contribution in [2.45, 2.75) is 20.4 Å². The number of ether oxygens (including phenoxy) is 2. The normalized spacial score (nSPS) is 10.8. The van der Waals surface area contributed by atoms with E-state index in [4.69, 9.17) is 9.47 Å². The lowest BCUT2D eigenvalue weighted by atomic mass is 10.2. The molecule has 0 fully saturated rings. The predicted molar refractivity (Wildman–Crippen MR) is 68.2 cm³/mol. The van der Waals surface area contributed by atoms with Gasteiger partial charge in [-0.25, -0.2) is 4.98 Å². The maximum atomic E-state index is 5.51. The highest BCUT2D eigenvalue weighted by molar-refractivity contribution is 5.20. The van der Waals surface area contributed by atoms with Crippen LogP contribution in [-0.4, -0.2) is 31.9 Å². The number of rotatable bonds is 8. The van der Waals surface area contributed by atoms with Crippen molar-refractivity contribution in [2.24, 2.45) is 5.92 Å². The van der Waals surface area contributed by atoms with Crippen LogP contribution in [0.2, 0.25) is 0 Å². The highest BCUT2D eigenvalue weighted by Crippen LogP contribution is 2.08. The van der Waals surface area contributed by atoms with Crippen molar-refractivity contribution in [3.05, 3.63) is 23.9 Å². The molecular weight excluding hydrogens is 216 g/mol. The van der Waals surface area contributed by atoms with Gasteiger partial charge >= 0.3 is 0 Å². The van der Waals surface area contributed by atoms with E-state index in [0.29, 0.717) is 25.0 Å². The summed E-state index contributed by atoms with van der Waals surface area (Å²) >= 11 is 0. The van der Waals surface area contributed by atoms with E-state index in [1.54, 1.807) is 6.20 Å². The van der Waals surface area contributed by atoms with Crippen LogP contribution in [-0.2, 0) is 11.3 Å². The van der Waals surface area contributed by atoms with Crippen LogP contribution in [0.4, 0.5) is 0 Å². The Morgan fingerprint density at radius 2 is 2.18 bits per heavy atom. The third kappa shape index (κ3) is 6.24. The minimum atomic E-state index is 0.544. The van der Waals surface area contributed by atoms with Crippen LogP contribution in [0.1, 0.15) is 19.4 Å². The van der Waals surface area contributed by atoms with Gasteiger partial charge in [0.1, 0.15) is 6.61 Å². The third-order valence-electron chi connectivity index (χ3n) is 2.11. The van der Waals surface area contributed by atoms with Crippen LogP contribution in [0.3, 0.4) is 0 Å². The zero-order chi connectivity index (χ0) is 12.5. The van der Waals surface area contributed by atoms with Gasteiger partial charge in [0.05, 0.1) is 6.61 Å². The summed E-state index contributed by atoms with van der Waals surface area (Å²) in [5, 5.41) is 3.09. The quantitative estimate of drug-likeness (QED) is 0.702. The SMILES string of the molecule is CNCc1ccnc(OCCOCC(C)C)c1. The molecule has 1 N–H and O–H groups in total. The second-order valence-corrected chi connectivity index (χ2v) is 4.35. The van der Waals surface area contributed by atoms with Crippen LogP contribution in [0, 0.1) is 5.92 Å². The average molecular weight is 238 g/mol. The Bertz CT molecular complexity index is 316. The molecular formula is C13H22N2O2. The van der Waals surface area contributed by atoms with Gasteiger partial charge in [-0.1, -0.05) is 13.8 Å². The highest BCUT2D eigenvalue weighted by Gasteiger charge is 1.98. The lowest BCUT2D eigenvalue weighted by molar-refractivity contribution is 0.0806. The summed E-state index contributed by atoms with van der Waals surface area (Å²) in [4.78, 5) is 4.15. The fourth-order valence-corrected chi connectivity index (χ4v) is 1.37. The molecule has 0 aliphatic heterocycles. The predicted octanol–water partition coefficient (Wildman–Crippen LogP) is 1.85. The maximum absolute atomic E-state index is 5.51. The zero-order valence-corrected chi connectivity index (χ0v) is 10.9. The number of nitrogens with one attached hydrogen (secondary N) is 1. The average Bonchev–Trinajstić information content (AvgIpc) is 2.29. The monoisotopic (exact) mass is 238 g/mol. The lowest BCUT2D eigenvalue weighted by Crippen LogP contribution is -2.11. The summed E-state index contributed by atoms with van der Waals surface area (Å²) < 4.78 is 10.9. The van der Waals surface area contributed by atoms with Crippen molar-refractivity contribution >= 4 is 0 Å². The minimum absolute atomic E-state index is 0.544. The lowest BCUT2D eigenvalue weighted by Gasteiger charge is -2.08. The van der Waals surface area contributed by atoms with Crippen LogP contribution in [0.15, 0.2) is 18.3 Å². The number of hydrogen-bond donors (Lipinski definition) is 1. The molecule has 0 atom stereocenters. The highest BCUT2D eigenvalue weighted by atomic mass is 16.5. The van der Waals surface area contributed by atoms with E-state index in [-0.39, 0.29) is 0 Å². The molecule has 4 nitrogen and oxygen atoms in total. The molecule has 0 saturated heterocycles. The van der Waals surface area contributed by atoms with Gasteiger partial charge in [0.15, 0.2) is 0 Å². The first kappa shape index (κ1) is 13.9. The van der Waals surface area contributed by atoms with E-state index in [0.717, 1.165) is 13.2 Å². The van der Waals surface area contributed by atoms with E-state index in [1.807, 2.05) is 19.2 Å². The fourth-order valence-electron chi connectivity index (χ4n) is 1.37. The van der Waals surface area contributed by atoms with Gasteiger partial charge in [-0.05, 0) is 24.6 Å². The molecule has 1 rings (SSSR count). The molecule has 1 heterocycles. The first-order valence-electron chi connectivity index (χ1n) is 6.02. The fraction of sp³-hybridized carbons (Fsp3) is 0.615. The summed E-state index contributed by atoms with van der Waals surface area (Å²) in [5.41, 5.74) is 1.17. The molecule has 0 spiro atoms. The Morgan fingerprint density at radius 3 is 2.88 bits per heavy atom. The Balaban J connectivity index is 2.24. The summed E-state index contributed by atoms with van der Waals surface area (Å²) in [5.74, 6) is 1.22. The van der Waals surface area contributed by atoms with Crippen molar-refractivity contribution in [3.63, 3.8) is 0 Å². The Labute approximate surface area is 103 Å². The van der Waals surface area contributed by atoms with E-state index in [9.17, 15) is 0 Å². The molecule has 1 aromatic heterocycles. The second kappa shape index (κ2) is 8.03. The standard InChI is InChI=1S/C13H22N2O2/c1-11(2)10-16-6-7-17-13-8-12(9-14-3)4-5-15-13/h4-5,8,11,14H,6-7,9-10H2,1-3H3. The molecule has 0 aromatic carbocycles. The Kier molecular flexibility index (Phi) is 6.58. The molecule has 17 heavy (non-hydrogen) atoms. The topological polar surface area (TPSA) is 43.4 Å². The van der Waals surface area contributed by atoms with Crippen molar-refractivity contribution < 1.29 is 9.47 Å². The minimum Gasteiger partial charge on any atom is -0.475 e. The summed E-state index contributed by atoms with van der Waals surface area (Å²) in [7, 11) is 1.92. The Hall–Kier alpha value is -1.13. The molecule has 0 bridgehead atoms. The number of nitrogens with zero attached hydrogens (tertiary/aromatic N) is 1. The summed E-state index contributed by atoms with van der Waals surface area (Å²) in [6.07, 6.45) is 1.76. The van der Waals surface area contributed by atoms with Crippen LogP contribution >= 0.6 is 0 Å². The number of aromatic nitrogens is 1. The van der Waals surface area contributed by atoms with Gasteiger partial charge in [0.25, 0.3) is 0 Å². The maximum Gasteiger partial charge on any atom is 0.213 e. The molecule has 96 valence electrons. The van der Waals surface area contributed by atoms with Crippen LogP contribution in [0.25, 0.3) is 0 Å². The van der Waals surface area contributed by atoms with Gasteiger partial charge in [-0.2, -0.15) is 0 Å². The Morgan fingerprint density at radius 1 is 1.35 bits per heavy atom. The van der Waals surface area contributed by atoms with Crippen molar-refractivity contribution in [1.82, 2.24) is 10.3 Å². The smallest absolute Gasteiger partial charge is 0.213 e. The largest absolute Gasteiger partial charge is 0.475 e. The molecule has 0 radical (unpaired) electrons. The molecule has 0 saturated carbocycles. The van der Waals surface area contributed by atoms with Crippen molar-refractivity contribution in [3.8, 4) is 5.88 Å². The van der Waals surface area contributed by atoms with Crippen LogP contribution in [0.5, 0.6) is 5.88 Å². The van der Waals surface area contributed by atoms with Crippen LogP contribution < -0.4 is 10.1 Å². The van der Waals surface area contributed by atoms with E-state index in [1.165, 1.54) is 5.56 Å². The van der Waals surface area contributed by atoms with E-state index >= 15 is 0 Å². The van der Waals surface area contributed by atoms with Gasteiger partial charge in [-0.15, -0.1) is 0 Å². The third-order valence-corrected chi connectivity index (χ3v) is 2.11. The molecule has 0 aliphatic carbocycles. The molecule has 1 aromatic rings. The molecule has 0 aliphatic rings. The first-order chi connectivity index (χ1) is 8.22. The van der Waals surface area contributed by atoms with Gasteiger partial charge in [0.2, 0.25) is 5.88 Å². The second-order valence-electron chi connectivity index (χ2n) is 4.35. The molecule has 4 heteroatoms.